The van der Waals surface area contributed by atoms with Gasteiger partial charge in [0.1, 0.15) is 0 Å². The lowest BCUT2D eigenvalue weighted by Gasteiger charge is -2.21. The average molecular weight is 315 g/mol. The van der Waals surface area contributed by atoms with E-state index >= 15 is 0 Å². The lowest BCUT2D eigenvalue weighted by molar-refractivity contribution is -0.140. The molecule has 0 saturated carbocycles. The Balaban J connectivity index is 3.87. The number of nitrogens with zero attached hydrogens (tertiary/aromatic N) is 1. The molecule has 0 rings (SSSR count). The van der Waals surface area contributed by atoms with Crippen molar-refractivity contribution < 1.29 is 14.3 Å². The number of carbonyl (C=O) groups is 1. The molecule has 0 aliphatic rings. The number of hydrogen-bond donors (Lipinski definition) is 2. The van der Waals surface area contributed by atoms with Crippen LogP contribution in [0.3, 0.4) is 0 Å². The van der Waals surface area contributed by atoms with Gasteiger partial charge < -0.3 is 20.1 Å². The fourth-order valence-electron chi connectivity index (χ4n) is 1.73. The van der Waals surface area contributed by atoms with Crippen molar-refractivity contribution >= 4 is 11.9 Å². The summed E-state index contributed by atoms with van der Waals surface area (Å²) in [5.74, 6) is 0.697. The van der Waals surface area contributed by atoms with Crippen molar-refractivity contribution in [3.05, 3.63) is 0 Å². The second-order valence-electron chi connectivity index (χ2n) is 5.83. The molecule has 2 N–H and O–H groups in total. The van der Waals surface area contributed by atoms with Crippen molar-refractivity contribution in [2.45, 2.75) is 58.5 Å². The zero-order valence-corrected chi connectivity index (χ0v) is 14.8. The largest absolute Gasteiger partial charge is 0.469 e. The molecule has 0 aromatic heterocycles. The summed E-state index contributed by atoms with van der Waals surface area (Å²) < 4.78 is 9.98. The number of esters is 1. The molecule has 6 heteroatoms. The van der Waals surface area contributed by atoms with E-state index in [4.69, 9.17) is 4.74 Å². The first-order valence-electron chi connectivity index (χ1n) is 8.09. The fourth-order valence-corrected chi connectivity index (χ4v) is 1.73. The van der Waals surface area contributed by atoms with Crippen LogP contribution < -0.4 is 10.6 Å². The van der Waals surface area contributed by atoms with Gasteiger partial charge in [0.25, 0.3) is 0 Å². The summed E-state index contributed by atoms with van der Waals surface area (Å²) in [5, 5.41) is 6.55. The average Bonchev–Trinajstić information content (AvgIpc) is 2.51. The number of methoxy groups -OCH3 is 2. The predicted molar refractivity (Wildman–Crippen MR) is 90.2 cm³/mol. The SMILES string of the molecule is CCNC(=NCC(C)(C)OC)NCCCCCCC(=O)OC. The van der Waals surface area contributed by atoms with Gasteiger partial charge >= 0.3 is 5.97 Å². The maximum absolute atomic E-state index is 11.0. The Morgan fingerprint density at radius 3 is 2.36 bits per heavy atom. The van der Waals surface area contributed by atoms with Crippen LogP contribution in [-0.2, 0) is 14.3 Å². The Labute approximate surface area is 135 Å². The van der Waals surface area contributed by atoms with Gasteiger partial charge in [-0.15, -0.1) is 0 Å². The van der Waals surface area contributed by atoms with Crippen LogP contribution >= 0.6 is 0 Å². The van der Waals surface area contributed by atoms with Gasteiger partial charge in [0.15, 0.2) is 5.96 Å². The highest BCUT2D eigenvalue weighted by Gasteiger charge is 2.15. The number of guanidine groups is 1. The van der Waals surface area contributed by atoms with Crippen LogP contribution in [0, 0.1) is 0 Å². The predicted octanol–water partition coefficient (Wildman–Crippen LogP) is 2.09. The van der Waals surface area contributed by atoms with Gasteiger partial charge in [-0.3, -0.25) is 9.79 Å². The Kier molecular flexibility index (Phi) is 11.5. The summed E-state index contributed by atoms with van der Waals surface area (Å²) in [6, 6.07) is 0. The molecule has 0 radical (unpaired) electrons. The van der Waals surface area contributed by atoms with E-state index in [1.807, 2.05) is 20.8 Å². The van der Waals surface area contributed by atoms with Crippen LogP contribution in [0.15, 0.2) is 4.99 Å². The van der Waals surface area contributed by atoms with Crippen LogP contribution in [0.4, 0.5) is 0 Å². The molecule has 0 bridgehead atoms. The summed E-state index contributed by atoms with van der Waals surface area (Å²) in [6.07, 6.45) is 4.59. The first-order chi connectivity index (χ1) is 10.4. The monoisotopic (exact) mass is 315 g/mol. The first kappa shape index (κ1) is 20.7. The number of ether oxygens (including phenoxy) is 2. The maximum Gasteiger partial charge on any atom is 0.305 e. The third kappa shape index (κ3) is 11.4. The van der Waals surface area contributed by atoms with Crippen molar-refractivity contribution in [1.82, 2.24) is 10.6 Å². The molecule has 130 valence electrons. The third-order valence-electron chi connectivity index (χ3n) is 3.34. The van der Waals surface area contributed by atoms with E-state index in [-0.39, 0.29) is 11.6 Å². The quantitative estimate of drug-likeness (QED) is 0.264. The Bertz CT molecular complexity index is 331. The van der Waals surface area contributed by atoms with Crippen LogP contribution in [-0.4, -0.2) is 51.4 Å². The Hall–Kier alpha value is -1.30. The molecular weight excluding hydrogens is 282 g/mol. The van der Waals surface area contributed by atoms with E-state index < -0.39 is 0 Å². The zero-order valence-electron chi connectivity index (χ0n) is 14.8. The number of nitrogens with one attached hydrogen (secondary N) is 2. The standard InChI is InChI=1S/C16H33N3O3/c1-6-17-15(19-13-16(2,3)22-5)18-12-10-8-7-9-11-14(20)21-4/h6-13H2,1-5H3,(H2,17,18,19). The molecule has 22 heavy (non-hydrogen) atoms. The van der Waals surface area contributed by atoms with Gasteiger partial charge in [0.2, 0.25) is 0 Å². The van der Waals surface area contributed by atoms with Gasteiger partial charge in [-0.1, -0.05) is 12.8 Å². The third-order valence-corrected chi connectivity index (χ3v) is 3.34. The van der Waals surface area contributed by atoms with Gasteiger partial charge in [0.05, 0.1) is 19.3 Å². The summed E-state index contributed by atoms with van der Waals surface area (Å²) in [7, 11) is 3.13. The molecule has 0 aliphatic heterocycles. The van der Waals surface area contributed by atoms with E-state index in [0.29, 0.717) is 13.0 Å². The molecule has 6 nitrogen and oxygen atoms in total. The van der Waals surface area contributed by atoms with Crippen molar-refractivity contribution in [1.29, 1.82) is 0 Å². The van der Waals surface area contributed by atoms with Crippen LogP contribution in [0.1, 0.15) is 52.9 Å². The molecule has 0 saturated heterocycles. The van der Waals surface area contributed by atoms with E-state index in [0.717, 1.165) is 44.7 Å². The molecule has 0 spiro atoms. The fraction of sp³-hybridized carbons (Fsp3) is 0.875. The van der Waals surface area contributed by atoms with Crippen LogP contribution in [0.5, 0.6) is 0 Å². The topological polar surface area (TPSA) is 72.0 Å². The summed E-state index contributed by atoms with van der Waals surface area (Å²) in [4.78, 5) is 15.5. The Morgan fingerprint density at radius 1 is 1.09 bits per heavy atom. The van der Waals surface area contributed by atoms with E-state index in [9.17, 15) is 4.79 Å². The summed E-state index contributed by atoms with van der Waals surface area (Å²) >= 11 is 0. The second-order valence-corrected chi connectivity index (χ2v) is 5.83. The minimum Gasteiger partial charge on any atom is -0.469 e. The molecule has 0 unspecified atom stereocenters. The highest BCUT2D eigenvalue weighted by atomic mass is 16.5. The molecule has 0 fully saturated rings. The highest BCUT2D eigenvalue weighted by Crippen LogP contribution is 2.07. The first-order valence-corrected chi connectivity index (χ1v) is 8.09. The van der Waals surface area contributed by atoms with Crippen molar-refractivity contribution in [2.75, 3.05) is 33.9 Å². The molecule has 0 heterocycles. The lowest BCUT2D eigenvalue weighted by atomic mass is 10.1. The maximum atomic E-state index is 11.0. The molecule has 0 amide bonds. The second kappa shape index (κ2) is 12.3. The number of unbranched alkanes of at least 4 members (excludes halogenated alkanes) is 3. The van der Waals surface area contributed by atoms with Crippen LogP contribution in [0.2, 0.25) is 0 Å². The Morgan fingerprint density at radius 2 is 1.77 bits per heavy atom. The highest BCUT2D eigenvalue weighted by molar-refractivity contribution is 5.79. The van der Waals surface area contributed by atoms with Gasteiger partial charge in [-0.2, -0.15) is 0 Å². The molecular formula is C16H33N3O3. The molecule has 0 atom stereocenters. The molecule has 0 aromatic rings. The van der Waals surface area contributed by atoms with Crippen LogP contribution in [0.25, 0.3) is 0 Å². The summed E-state index contributed by atoms with van der Waals surface area (Å²) in [5.41, 5.74) is -0.254. The normalized spacial score (nSPS) is 12.1. The minimum absolute atomic E-state index is 0.125. The number of carbonyl (C=O) groups excluding carboxylic acids is 1. The van der Waals surface area contributed by atoms with Gasteiger partial charge in [-0.05, 0) is 33.6 Å². The number of aliphatic imine (C=N–C) groups is 1. The lowest BCUT2D eigenvalue weighted by Crippen LogP contribution is -2.39. The van der Waals surface area contributed by atoms with Gasteiger partial charge in [0, 0.05) is 26.6 Å². The molecule has 0 aromatic carbocycles. The molecule has 0 aliphatic carbocycles. The van der Waals surface area contributed by atoms with Gasteiger partial charge in [-0.25, -0.2) is 0 Å². The minimum atomic E-state index is -0.254. The zero-order chi connectivity index (χ0) is 16.8. The van der Waals surface area contributed by atoms with E-state index in [1.54, 1.807) is 7.11 Å². The van der Waals surface area contributed by atoms with Crippen molar-refractivity contribution in [3.8, 4) is 0 Å². The van der Waals surface area contributed by atoms with E-state index in [2.05, 4.69) is 20.4 Å². The number of hydrogen-bond acceptors (Lipinski definition) is 4. The summed E-state index contributed by atoms with van der Waals surface area (Å²) in [6.45, 7) is 8.39. The number of rotatable bonds is 11. The van der Waals surface area contributed by atoms with E-state index in [1.165, 1.54) is 7.11 Å². The smallest absolute Gasteiger partial charge is 0.305 e. The van der Waals surface area contributed by atoms with Crippen molar-refractivity contribution in [3.63, 3.8) is 0 Å². The van der Waals surface area contributed by atoms with Crippen molar-refractivity contribution in [2.24, 2.45) is 4.99 Å².